The number of methoxy groups -OCH3 is 1. The molecule has 116 valence electrons. The third-order valence-corrected chi connectivity index (χ3v) is 2.79. The molecule has 0 heterocycles. The minimum atomic E-state index is -0.506. The third-order valence-electron chi connectivity index (χ3n) is 2.79. The Morgan fingerprint density at radius 2 is 2.00 bits per heavy atom. The molecule has 1 amide bonds. The quantitative estimate of drug-likeness (QED) is 0.306. The Labute approximate surface area is 123 Å². The molecule has 7 heteroatoms. The molecule has 0 spiro atoms. The van der Waals surface area contributed by atoms with Crippen LogP contribution in [0.5, 0.6) is 5.75 Å². The van der Waals surface area contributed by atoms with Crippen molar-refractivity contribution < 1.29 is 19.5 Å². The van der Waals surface area contributed by atoms with Gasteiger partial charge in [0.25, 0.3) is 0 Å². The fourth-order valence-corrected chi connectivity index (χ4v) is 1.48. The maximum atomic E-state index is 11.8. The lowest BCUT2D eigenvalue weighted by Gasteiger charge is -2.21. The third kappa shape index (κ3) is 6.13. The van der Waals surface area contributed by atoms with Gasteiger partial charge in [0.1, 0.15) is 12.4 Å². The zero-order valence-corrected chi connectivity index (χ0v) is 12.4. The number of ether oxygens (including phenoxy) is 2. The maximum absolute atomic E-state index is 11.8. The van der Waals surface area contributed by atoms with E-state index in [2.05, 4.69) is 10.5 Å². The second-order valence-electron chi connectivity index (χ2n) is 5.09. The second kappa shape index (κ2) is 7.49. The van der Waals surface area contributed by atoms with E-state index in [0.29, 0.717) is 11.4 Å². The summed E-state index contributed by atoms with van der Waals surface area (Å²) in [7, 11) is 1.57. The van der Waals surface area contributed by atoms with Gasteiger partial charge in [-0.1, -0.05) is 5.16 Å². The molecule has 0 saturated carbocycles. The Bertz CT molecular complexity index is 497. The van der Waals surface area contributed by atoms with Gasteiger partial charge in [0.05, 0.1) is 12.0 Å². The number of nitrogens with one attached hydrogen (secondary N) is 1. The number of oxime groups is 1. The van der Waals surface area contributed by atoms with Crippen LogP contribution in [0, 0.1) is 0 Å². The molecule has 0 aliphatic heterocycles. The van der Waals surface area contributed by atoms with Gasteiger partial charge in [-0.2, -0.15) is 0 Å². The highest BCUT2D eigenvalue weighted by Gasteiger charge is 2.20. The van der Waals surface area contributed by atoms with Gasteiger partial charge in [-0.25, -0.2) is 0 Å². The Morgan fingerprint density at radius 1 is 1.38 bits per heavy atom. The van der Waals surface area contributed by atoms with Gasteiger partial charge in [0.15, 0.2) is 5.84 Å². The lowest BCUT2D eigenvalue weighted by molar-refractivity contribution is -0.121. The Morgan fingerprint density at radius 3 is 2.52 bits per heavy atom. The van der Waals surface area contributed by atoms with E-state index < -0.39 is 5.60 Å². The predicted molar refractivity (Wildman–Crippen MR) is 79.7 cm³/mol. The summed E-state index contributed by atoms with van der Waals surface area (Å²) >= 11 is 0. The van der Waals surface area contributed by atoms with Crippen molar-refractivity contribution in [2.75, 3.05) is 19.0 Å². The van der Waals surface area contributed by atoms with Crippen molar-refractivity contribution in [2.24, 2.45) is 10.9 Å². The van der Waals surface area contributed by atoms with Crippen LogP contribution in [0.2, 0.25) is 0 Å². The van der Waals surface area contributed by atoms with Crippen LogP contribution in [0.25, 0.3) is 0 Å². The molecule has 0 aromatic heterocycles. The normalized spacial score (nSPS) is 12.0. The lowest BCUT2D eigenvalue weighted by Crippen LogP contribution is -2.29. The zero-order chi connectivity index (χ0) is 15.9. The summed E-state index contributed by atoms with van der Waals surface area (Å²) in [6.45, 7) is 3.68. The molecule has 0 aliphatic carbocycles. The first-order valence-electron chi connectivity index (χ1n) is 6.40. The van der Waals surface area contributed by atoms with Crippen molar-refractivity contribution in [1.82, 2.24) is 0 Å². The molecule has 0 radical (unpaired) electrons. The Kier molecular flexibility index (Phi) is 5.98. The molecule has 0 aliphatic rings. The Balaban J connectivity index is 2.53. The van der Waals surface area contributed by atoms with E-state index in [4.69, 9.17) is 20.4 Å². The molecule has 0 saturated heterocycles. The largest absolute Gasteiger partial charge is 0.486 e. The van der Waals surface area contributed by atoms with Crippen LogP contribution in [0.1, 0.15) is 20.3 Å². The minimum absolute atomic E-state index is 0.00969. The summed E-state index contributed by atoms with van der Waals surface area (Å²) in [6.07, 6.45) is 0.255. The molecular weight excluding hydrogens is 274 g/mol. The number of amidine groups is 1. The van der Waals surface area contributed by atoms with Crippen LogP contribution >= 0.6 is 0 Å². The first-order chi connectivity index (χ1) is 9.86. The van der Waals surface area contributed by atoms with E-state index in [1.54, 1.807) is 31.4 Å². The van der Waals surface area contributed by atoms with Crippen molar-refractivity contribution in [3.8, 4) is 5.75 Å². The van der Waals surface area contributed by atoms with Gasteiger partial charge in [0.2, 0.25) is 5.91 Å². The van der Waals surface area contributed by atoms with E-state index in [9.17, 15) is 4.79 Å². The molecule has 0 atom stereocenters. The van der Waals surface area contributed by atoms with E-state index >= 15 is 0 Å². The highest BCUT2D eigenvalue weighted by Crippen LogP contribution is 2.18. The Hall–Kier alpha value is -2.28. The summed E-state index contributed by atoms with van der Waals surface area (Å²) in [5.74, 6) is 0.401. The van der Waals surface area contributed by atoms with Crippen LogP contribution in [0.4, 0.5) is 5.69 Å². The molecule has 1 aromatic rings. The van der Waals surface area contributed by atoms with Gasteiger partial charge in [-0.15, -0.1) is 0 Å². The van der Waals surface area contributed by atoms with Crippen molar-refractivity contribution in [3.63, 3.8) is 0 Å². The average molecular weight is 295 g/mol. The summed E-state index contributed by atoms with van der Waals surface area (Å²) in [5.41, 5.74) is 5.44. The molecule has 0 bridgehead atoms. The van der Waals surface area contributed by atoms with Crippen molar-refractivity contribution in [2.45, 2.75) is 25.9 Å². The number of carbonyl (C=O) groups excluding carboxylic acids is 1. The number of carbonyl (C=O) groups is 1. The highest BCUT2D eigenvalue weighted by molar-refractivity contribution is 5.91. The number of benzene rings is 1. The van der Waals surface area contributed by atoms with Gasteiger partial charge in [-0.05, 0) is 38.1 Å². The van der Waals surface area contributed by atoms with Crippen molar-refractivity contribution in [3.05, 3.63) is 24.3 Å². The molecule has 1 aromatic carbocycles. The van der Waals surface area contributed by atoms with E-state index in [0.717, 1.165) is 0 Å². The van der Waals surface area contributed by atoms with E-state index in [1.807, 2.05) is 13.8 Å². The summed E-state index contributed by atoms with van der Waals surface area (Å²) < 4.78 is 10.5. The van der Waals surface area contributed by atoms with Gasteiger partial charge in [0, 0.05) is 12.8 Å². The predicted octanol–water partition coefficient (Wildman–Crippen LogP) is 1.57. The van der Waals surface area contributed by atoms with Crippen molar-refractivity contribution in [1.29, 1.82) is 0 Å². The molecule has 0 unspecified atom stereocenters. The molecule has 4 N–H and O–H groups in total. The van der Waals surface area contributed by atoms with E-state index in [1.165, 1.54) is 0 Å². The van der Waals surface area contributed by atoms with Gasteiger partial charge >= 0.3 is 0 Å². The van der Waals surface area contributed by atoms with Crippen LogP contribution in [-0.2, 0) is 9.53 Å². The van der Waals surface area contributed by atoms with Crippen LogP contribution in [0.3, 0.4) is 0 Å². The fourth-order valence-electron chi connectivity index (χ4n) is 1.48. The van der Waals surface area contributed by atoms with E-state index in [-0.39, 0.29) is 24.8 Å². The number of hydrogen-bond donors (Lipinski definition) is 3. The fraction of sp³-hybridized carbons (Fsp3) is 0.429. The lowest BCUT2D eigenvalue weighted by atomic mass is 10.0. The summed E-state index contributed by atoms with van der Waals surface area (Å²) in [5, 5.41) is 14.0. The minimum Gasteiger partial charge on any atom is -0.486 e. The van der Waals surface area contributed by atoms with Gasteiger partial charge in [-0.3, -0.25) is 4.79 Å². The number of anilines is 1. The molecule has 21 heavy (non-hydrogen) atoms. The first kappa shape index (κ1) is 16.8. The smallest absolute Gasteiger partial charge is 0.227 e. The SMILES string of the molecule is COC(C)(C)CC(=O)Nc1ccc(OC/C(N)=N/O)cc1. The second-order valence-corrected chi connectivity index (χ2v) is 5.09. The molecule has 0 fully saturated rings. The summed E-state index contributed by atoms with van der Waals surface area (Å²) in [6, 6.07) is 6.78. The molecular formula is C14H21N3O4. The number of hydrogen-bond acceptors (Lipinski definition) is 5. The van der Waals surface area contributed by atoms with Crippen LogP contribution in [-0.4, -0.2) is 36.3 Å². The van der Waals surface area contributed by atoms with Crippen LogP contribution in [0.15, 0.2) is 29.4 Å². The molecule has 7 nitrogen and oxygen atoms in total. The van der Waals surface area contributed by atoms with Crippen LogP contribution < -0.4 is 15.8 Å². The number of nitrogens with zero attached hydrogens (tertiary/aromatic N) is 1. The number of amides is 1. The van der Waals surface area contributed by atoms with Gasteiger partial charge < -0.3 is 25.7 Å². The standard InChI is InChI=1S/C14H21N3O4/c1-14(2,20-3)8-13(18)16-10-4-6-11(7-5-10)21-9-12(15)17-19/h4-7,19H,8-9H2,1-3H3,(H2,15,17)(H,16,18). The monoisotopic (exact) mass is 295 g/mol. The molecule has 1 rings (SSSR count). The number of rotatable bonds is 7. The average Bonchev–Trinajstić information content (AvgIpc) is 2.45. The summed E-state index contributed by atoms with van der Waals surface area (Å²) in [4.78, 5) is 11.8. The highest BCUT2D eigenvalue weighted by atomic mass is 16.5. The zero-order valence-electron chi connectivity index (χ0n) is 12.4. The topological polar surface area (TPSA) is 106 Å². The maximum Gasteiger partial charge on any atom is 0.227 e. The van der Waals surface area contributed by atoms with Crippen molar-refractivity contribution >= 4 is 17.4 Å². The first-order valence-corrected chi connectivity index (χ1v) is 6.40. The number of nitrogens with two attached hydrogens (primary N) is 1.